The van der Waals surface area contributed by atoms with Crippen LogP contribution >= 0.6 is 0 Å². The van der Waals surface area contributed by atoms with Crippen LogP contribution in [0, 0.1) is 13.8 Å². The zero-order valence-corrected chi connectivity index (χ0v) is 34.4. The highest BCUT2D eigenvalue weighted by atomic mass is 16.5. The average Bonchev–Trinajstić information content (AvgIpc) is 3.60. The van der Waals surface area contributed by atoms with Crippen LogP contribution in [0.15, 0.2) is 133 Å². The van der Waals surface area contributed by atoms with Crippen molar-refractivity contribution in [2.24, 2.45) is 4.99 Å². The van der Waals surface area contributed by atoms with Crippen molar-refractivity contribution in [1.82, 2.24) is 4.98 Å². The molecule has 5 aromatic carbocycles. The third-order valence-corrected chi connectivity index (χ3v) is 11.4. The van der Waals surface area contributed by atoms with Crippen LogP contribution < -0.4 is 9.64 Å². The highest BCUT2D eigenvalue weighted by molar-refractivity contribution is 5.96. The van der Waals surface area contributed by atoms with E-state index in [-0.39, 0.29) is 28.4 Å². The molecule has 5 heteroatoms. The SMILES string of the molecule is Cc1cc(Oc2cc(C3=N[C@H](c4ccccc4)[C@@H](c4ccccc4)O3)cc(C(C)(C)C)c2)cc(N2c3ccc(C(C)(C)C)cc3C(C)(C)c3c(C)ccnc32)c1. The fraction of sp³-hybridized carbons (Fsp3) is 0.294. The van der Waals surface area contributed by atoms with Gasteiger partial charge in [0.25, 0.3) is 0 Å². The van der Waals surface area contributed by atoms with Crippen LogP contribution in [0.2, 0.25) is 0 Å². The molecule has 2 aliphatic rings. The summed E-state index contributed by atoms with van der Waals surface area (Å²) in [6.45, 7) is 22.5. The fourth-order valence-electron chi connectivity index (χ4n) is 8.31. The maximum atomic E-state index is 6.90. The van der Waals surface area contributed by atoms with Gasteiger partial charge in [-0.2, -0.15) is 0 Å². The Balaban J connectivity index is 1.21. The first-order valence-electron chi connectivity index (χ1n) is 19.8. The van der Waals surface area contributed by atoms with Crippen LogP contribution in [-0.2, 0) is 21.0 Å². The molecule has 6 aromatic rings. The van der Waals surface area contributed by atoms with Crippen LogP contribution in [0.25, 0.3) is 0 Å². The summed E-state index contributed by atoms with van der Waals surface area (Å²) < 4.78 is 13.7. The van der Waals surface area contributed by atoms with E-state index in [9.17, 15) is 0 Å². The number of aromatic nitrogens is 1. The van der Waals surface area contributed by atoms with E-state index in [4.69, 9.17) is 19.5 Å². The summed E-state index contributed by atoms with van der Waals surface area (Å²) in [6.07, 6.45) is 1.68. The van der Waals surface area contributed by atoms with Gasteiger partial charge in [0.1, 0.15) is 23.4 Å². The molecule has 0 N–H and O–H groups in total. The minimum absolute atomic E-state index is 0.0189. The van der Waals surface area contributed by atoms with E-state index < -0.39 is 0 Å². The van der Waals surface area contributed by atoms with Gasteiger partial charge in [0, 0.05) is 28.8 Å². The molecular formula is C51H53N3O2. The van der Waals surface area contributed by atoms with Crippen LogP contribution in [-0.4, -0.2) is 10.9 Å². The van der Waals surface area contributed by atoms with Gasteiger partial charge >= 0.3 is 0 Å². The molecule has 5 nitrogen and oxygen atoms in total. The Morgan fingerprint density at radius 1 is 0.679 bits per heavy atom. The van der Waals surface area contributed by atoms with Crippen molar-refractivity contribution in [2.45, 2.75) is 97.6 Å². The van der Waals surface area contributed by atoms with Crippen molar-refractivity contribution in [3.63, 3.8) is 0 Å². The first kappa shape index (κ1) is 37.3. The molecule has 0 aliphatic carbocycles. The molecule has 0 saturated carbocycles. The molecule has 2 atom stereocenters. The van der Waals surface area contributed by atoms with E-state index in [2.05, 4.69) is 183 Å². The smallest absolute Gasteiger partial charge is 0.217 e. The van der Waals surface area contributed by atoms with Crippen molar-refractivity contribution in [2.75, 3.05) is 4.90 Å². The molecule has 1 aromatic heterocycles. The van der Waals surface area contributed by atoms with Crippen molar-refractivity contribution >= 4 is 23.1 Å². The van der Waals surface area contributed by atoms with Gasteiger partial charge < -0.3 is 9.47 Å². The number of hydrogen-bond acceptors (Lipinski definition) is 5. The van der Waals surface area contributed by atoms with Gasteiger partial charge in [0.2, 0.25) is 5.90 Å². The van der Waals surface area contributed by atoms with Crippen molar-refractivity contribution in [3.05, 3.63) is 178 Å². The van der Waals surface area contributed by atoms with E-state index in [1.807, 2.05) is 18.3 Å². The number of rotatable bonds is 6. The number of benzene rings is 5. The maximum Gasteiger partial charge on any atom is 0.217 e. The minimum atomic E-state index is -0.243. The molecule has 0 unspecified atom stereocenters. The fourth-order valence-corrected chi connectivity index (χ4v) is 8.31. The summed E-state index contributed by atoms with van der Waals surface area (Å²) in [4.78, 5) is 12.6. The highest BCUT2D eigenvalue weighted by Gasteiger charge is 2.40. The summed E-state index contributed by atoms with van der Waals surface area (Å²) in [5, 5.41) is 0. The van der Waals surface area contributed by atoms with Gasteiger partial charge in [-0.05, 0) is 106 Å². The topological polar surface area (TPSA) is 47.0 Å². The Morgan fingerprint density at radius 2 is 1.34 bits per heavy atom. The number of fused-ring (bicyclic) bond motifs is 2. The first-order chi connectivity index (χ1) is 26.6. The number of pyridine rings is 1. The molecule has 0 saturated heterocycles. The quantitative estimate of drug-likeness (QED) is 0.171. The standard InChI is InChI=1S/C51H53N3O2/c1-32-25-39(54-43-22-21-37(49(3,4)5)30-42(43)51(9,10)44-33(2)23-24-52-47(44)54)31-40(26-32)55-41-28-36(27-38(29-41)50(6,7)8)48-53-45(34-17-13-11-14-18-34)46(56-48)35-19-15-12-16-20-35/h11-31,45-46H,1-10H3/t45-,46-/m1/s1. The lowest BCUT2D eigenvalue weighted by Gasteiger charge is -2.42. The van der Waals surface area contributed by atoms with Crippen LogP contribution in [0.1, 0.15) is 118 Å². The maximum absolute atomic E-state index is 6.90. The lowest BCUT2D eigenvalue weighted by Crippen LogP contribution is -2.33. The van der Waals surface area contributed by atoms with Gasteiger partial charge in [0.15, 0.2) is 6.10 Å². The molecule has 0 spiro atoms. The van der Waals surface area contributed by atoms with E-state index in [1.54, 1.807) is 0 Å². The monoisotopic (exact) mass is 739 g/mol. The zero-order chi connectivity index (χ0) is 39.6. The summed E-state index contributed by atoms with van der Waals surface area (Å²) in [7, 11) is 0. The van der Waals surface area contributed by atoms with E-state index in [0.29, 0.717) is 5.90 Å². The van der Waals surface area contributed by atoms with Crippen LogP contribution in [0.3, 0.4) is 0 Å². The Hall–Kier alpha value is -5.68. The van der Waals surface area contributed by atoms with E-state index in [1.165, 1.54) is 22.3 Å². The predicted octanol–water partition coefficient (Wildman–Crippen LogP) is 13.5. The average molecular weight is 740 g/mol. The molecule has 284 valence electrons. The minimum Gasteiger partial charge on any atom is -0.467 e. The van der Waals surface area contributed by atoms with Crippen molar-refractivity contribution in [3.8, 4) is 11.5 Å². The third kappa shape index (κ3) is 6.89. The Kier molecular flexibility index (Phi) is 9.19. The Labute approximate surface area is 333 Å². The number of nitrogens with zero attached hydrogens (tertiary/aromatic N) is 3. The molecule has 0 bridgehead atoms. The lowest BCUT2D eigenvalue weighted by atomic mass is 9.71. The summed E-state index contributed by atoms with van der Waals surface area (Å²) >= 11 is 0. The Morgan fingerprint density at radius 3 is 2.02 bits per heavy atom. The summed E-state index contributed by atoms with van der Waals surface area (Å²) in [6, 6.07) is 42.6. The molecule has 0 radical (unpaired) electrons. The second kappa shape index (κ2) is 13.8. The van der Waals surface area contributed by atoms with Gasteiger partial charge in [0.05, 0.1) is 11.4 Å². The van der Waals surface area contributed by atoms with Gasteiger partial charge in [-0.1, -0.05) is 128 Å². The van der Waals surface area contributed by atoms with Crippen molar-refractivity contribution < 1.29 is 9.47 Å². The van der Waals surface area contributed by atoms with Gasteiger partial charge in [-0.3, -0.25) is 4.90 Å². The highest BCUT2D eigenvalue weighted by Crippen LogP contribution is 2.53. The number of aryl methyl sites for hydroxylation is 2. The molecule has 3 heterocycles. The van der Waals surface area contributed by atoms with Gasteiger partial charge in [-0.25, -0.2) is 9.98 Å². The largest absolute Gasteiger partial charge is 0.467 e. The second-order valence-electron chi connectivity index (χ2n) is 18.1. The molecule has 0 fully saturated rings. The van der Waals surface area contributed by atoms with Crippen LogP contribution in [0.5, 0.6) is 11.5 Å². The zero-order valence-electron chi connectivity index (χ0n) is 34.4. The van der Waals surface area contributed by atoms with E-state index in [0.717, 1.165) is 56.5 Å². The molecule has 2 aliphatic heterocycles. The lowest BCUT2D eigenvalue weighted by molar-refractivity contribution is 0.197. The summed E-state index contributed by atoms with van der Waals surface area (Å²) in [5.74, 6) is 3.06. The summed E-state index contributed by atoms with van der Waals surface area (Å²) in [5.41, 5.74) is 12.2. The number of aliphatic imine (C=N–C) groups is 1. The number of ether oxygens (including phenoxy) is 2. The number of hydrogen-bond donors (Lipinski definition) is 0. The third-order valence-electron chi connectivity index (χ3n) is 11.4. The second-order valence-corrected chi connectivity index (χ2v) is 18.1. The Bertz CT molecular complexity index is 2450. The molecule has 8 rings (SSSR count). The first-order valence-corrected chi connectivity index (χ1v) is 19.8. The van der Waals surface area contributed by atoms with Gasteiger partial charge in [-0.15, -0.1) is 0 Å². The number of anilines is 3. The van der Waals surface area contributed by atoms with Crippen LogP contribution in [0.4, 0.5) is 17.2 Å². The molecule has 0 amide bonds. The normalized spacial score (nSPS) is 17.5. The predicted molar refractivity (Wildman–Crippen MR) is 230 cm³/mol. The molecular weight excluding hydrogens is 687 g/mol. The van der Waals surface area contributed by atoms with Crippen molar-refractivity contribution in [1.29, 1.82) is 0 Å². The van der Waals surface area contributed by atoms with E-state index >= 15 is 0 Å². The molecule has 56 heavy (non-hydrogen) atoms.